The Labute approximate surface area is 132 Å². The fraction of sp³-hybridized carbons (Fsp3) is 0.857. The maximum Gasteiger partial charge on any atom is 0.239 e. The largest absolute Gasteiger partial charge is 0.384 e. The van der Waals surface area contributed by atoms with E-state index in [0.29, 0.717) is 12.6 Å². The second kappa shape index (κ2) is 7.96. The van der Waals surface area contributed by atoms with Gasteiger partial charge in [0.15, 0.2) is 0 Å². The molecule has 0 radical (unpaired) electrons. The van der Waals surface area contributed by atoms with Gasteiger partial charge in [0.25, 0.3) is 0 Å². The molecule has 1 saturated carbocycles. The van der Waals surface area contributed by atoms with Gasteiger partial charge in [0, 0.05) is 20.2 Å². The number of halogens is 1. The van der Waals surface area contributed by atoms with Crippen molar-refractivity contribution in [2.24, 2.45) is 5.41 Å². The summed E-state index contributed by atoms with van der Waals surface area (Å²) in [6.45, 7) is 2.19. The second-order valence-electron chi connectivity index (χ2n) is 5.97. The standard InChI is InChI=1S/C14H25N3O3.ClH/c1-17(9-12(18)16-11-3-4-11)13(19)14(10-20-2)5-7-15-8-6-14;/h11,15H,3-10H2,1-2H3,(H,16,18);1H. The SMILES string of the molecule is COCC1(C(=O)N(C)CC(=O)NC2CC2)CCNCC1.Cl. The average molecular weight is 320 g/mol. The van der Waals surface area contributed by atoms with E-state index in [1.165, 1.54) is 0 Å². The van der Waals surface area contributed by atoms with Crippen LogP contribution in [0.4, 0.5) is 0 Å². The number of nitrogens with one attached hydrogen (secondary N) is 2. The molecular weight excluding hydrogens is 294 g/mol. The highest BCUT2D eigenvalue weighted by molar-refractivity contribution is 5.88. The van der Waals surface area contributed by atoms with Gasteiger partial charge < -0.3 is 20.3 Å². The lowest BCUT2D eigenvalue weighted by Gasteiger charge is -2.38. The fourth-order valence-electron chi connectivity index (χ4n) is 2.79. The molecule has 0 aromatic carbocycles. The van der Waals surface area contributed by atoms with Crippen LogP contribution in [0.3, 0.4) is 0 Å². The Morgan fingerprint density at radius 1 is 1.33 bits per heavy atom. The fourth-order valence-corrected chi connectivity index (χ4v) is 2.79. The van der Waals surface area contributed by atoms with Crippen LogP contribution < -0.4 is 10.6 Å². The van der Waals surface area contributed by atoms with Gasteiger partial charge in [0.1, 0.15) is 0 Å². The normalized spacial score (nSPS) is 20.3. The molecule has 122 valence electrons. The first-order valence-corrected chi connectivity index (χ1v) is 7.32. The summed E-state index contributed by atoms with van der Waals surface area (Å²) in [6.07, 6.45) is 3.63. The predicted molar refractivity (Wildman–Crippen MR) is 82.5 cm³/mol. The zero-order valence-corrected chi connectivity index (χ0v) is 13.6. The third kappa shape index (κ3) is 4.83. The van der Waals surface area contributed by atoms with Gasteiger partial charge in [0.2, 0.25) is 11.8 Å². The first-order chi connectivity index (χ1) is 9.57. The van der Waals surface area contributed by atoms with Crippen LogP contribution in [-0.2, 0) is 14.3 Å². The first kappa shape index (κ1) is 18.2. The van der Waals surface area contributed by atoms with E-state index in [1.54, 1.807) is 19.1 Å². The van der Waals surface area contributed by atoms with E-state index in [2.05, 4.69) is 10.6 Å². The zero-order chi connectivity index (χ0) is 14.6. The minimum Gasteiger partial charge on any atom is -0.384 e. The van der Waals surface area contributed by atoms with Gasteiger partial charge in [-0.15, -0.1) is 12.4 Å². The van der Waals surface area contributed by atoms with Crippen molar-refractivity contribution in [1.82, 2.24) is 15.5 Å². The number of nitrogens with zero attached hydrogens (tertiary/aromatic N) is 1. The molecule has 2 rings (SSSR count). The molecule has 6 nitrogen and oxygen atoms in total. The van der Waals surface area contributed by atoms with Crippen LogP contribution >= 0.6 is 12.4 Å². The smallest absolute Gasteiger partial charge is 0.239 e. The van der Waals surface area contributed by atoms with Gasteiger partial charge in [-0.25, -0.2) is 0 Å². The van der Waals surface area contributed by atoms with Crippen LogP contribution in [0.25, 0.3) is 0 Å². The quantitative estimate of drug-likeness (QED) is 0.732. The topological polar surface area (TPSA) is 70.7 Å². The Morgan fingerprint density at radius 2 is 1.95 bits per heavy atom. The minimum atomic E-state index is -0.478. The lowest BCUT2D eigenvalue weighted by molar-refractivity contribution is -0.148. The van der Waals surface area contributed by atoms with Gasteiger partial charge in [-0.2, -0.15) is 0 Å². The van der Waals surface area contributed by atoms with E-state index in [1.807, 2.05) is 0 Å². The van der Waals surface area contributed by atoms with Crippen molar-refractivity contribution in [3.63, 3.8) is 0 Å². The van der Waals surface area contributed by atoms with Crippen LogP contribution in [0.2, 0.25) is 0 Å². The minimum absolute atomic E-state index is 0. The van der Waals surface area contributed by atoms with Gasteiger partial charge in [0.05, 0.1) is 18.6 Å². The number of ether oxygens (including phenoxy) is 1. The summed E-state index contributed by atoms with van der Waals surface area (Å²) < 4.78 is 5.26. The number of piperidine rings is 1. The number of likely N-dealkylation sites (N-methyl/N-ethyl adjacent to an activating group) is 1. The number of rotatable bonds is 6. The average Bonchev–Trinajstić information content (AvgIpc) is 3.23. The molecule has 1 heterocycles. The summed E-state index contributed by atoms with van der Waals surface area (Å²) in [6, 6.07) is 0.331. The maximum atomic E-state index is 12.7. The third-order valence-electron chi connectivity index (χ3n) is 4.10. The number of hydrogen-bond acceptors (Lipinski definition) is 4. The highest BCUT2D eigenvalue weighted by atomic mass is 35.5. The summed E-state index contributed by atoms with van der Waals surface area (Å²) >= 11 is 0. The number of methoxy groups -OCH3 is 1. The Bertz CT molecular complexity index is 363. The third-order valence-corrected chi connectivity index (χ3v) is 4.10. The molecule has 0 aromatic rings. The lowest BCUT2D eigenvalue weighted by Crippen LogP contribution is -2.52. The van der Waals surface area contributed by atoms with Crippen LogP contribution in [0, 0.1) is 5.41 Å². The molecule has 2 aliphatic rings. The second-order valence-corrected chi connectivity index (χ2v) is 5.97. The molecule has 0 spiro atoms. The molecule has 7 heteroatoms. The predicted octanol–water partition coefficient (Wildman–Crippen LogP) is 0.161. The highest BCUT2D eigenvalue weighted by Gasteiger charge is 2.41. The lowest BCUT2D eigenvalue weighted by atomic mass is 9.78. The summed E-state index contributed by atoms with van der Waals surface area (Å²) in [5.74, 6) is -0.0448. The summed E-state index contributed by atoms with van der Waals surface area (Å²) in [5.41, 5.74) is -0.478. The van der Waals surface area contributed by atoms with Crippen molar-refractivity contribution >= 4 is 24.2 Å². The van der Waals surface area contributed by atoms with E-state index >= 15 is 0 Å². The van der Waals surface area contributed by atoms with Gasteiger partial charge in [-0.1, -0.05) is 0 Å². The molecule has 0 atom stereocenters. The summed E-state index contributed by atoms with van der Waals surface area (Å²) in [5, 5.41) is 6.17. The Kier molecular flexibility index (Phi) is 6.90. The van der Waals surface area contributed by atoms with Crippen molar-refractivity contribution in [1.29, 1.82) is 0 Å². The van der Waals surface area contributed by atoms with E-state index < -0.39 is 5.41 Å². The van der Waals surface area contributed by atoms with Crippen LogP contribution in [0.15, 0.2) is 0 Å². The van der Waals surface area contributed by atoms with Crippen LogP contribution in [-0.4, -0.2) is 63.2 Å². The molecule has 1 aliphatic heterocycles. The molecule has 0 aromatic heterocycles. The van der Waals surface area contributed by atoms with Gasteiger partial charge >= 0.3 is 0 Å². The number of carbonyl (C=O) groups excluding carboxylic acids is 2. The van der Waals surface area contributed by atoms with Gasteiger partial charge in [-0.05, 0) is 38.8 Å². The molecule has 0 bridgehead atoms. The molecule has 1 aliphatic carbocycles. The van der Waals surface area contributed by atoms with E-state index in [-0.39, 0.29) is 30.8 Å². The van der Waals surface area contributed by atoms with Crippen LogP contribution in [0.1, 0.15) is 25.7 Å². The van der Waals surface area contributed by atoms with Crippen molar-refractivity contribution < 1.29 is 14.3 Å². The Morgan fingerprint density at radius 3 is 2.48 bits per heavy atom. The zero-order valence-electron chi connectivity index (χ0n) is 12.8. The van der Waals surface area contributed by atoms with Crippen molar-refractivity contribution in [2.45, 2.75) is 31.7 Å². The number of amides is 2. The molecule has 21 heavy (non-hydrogen) atoms. The molecular formula is C14H26ClN3O3. The molecule has 2 N–H and O–H groups in total. The Balaban J connectivity index is 0.00000220. The van der Waals surface area contributed by atoms with E-state index in [4.69, 9.17) is 4.74 Å². The van der Waals surface area contributed by atoms with Crippen molar-refractivity contribution in [3.05, 3.63) is 0 Å². The monoisotopic (exact) mass is 319 g/mol. The van der Waals surface area contributed by atoms with Crippen LogP contribution in [0.5, 0.6) is 0 Å². The maximum absolute atomic E-state index is 12.7. The molecule has 2 fully saturated rings. The molecule has 2 amide bonds. The summed E-state index contributed by atoms with van der Waals surface area (Å²) in [4.78, 5) is 26.0. The highest BCUT2D eigenvalue weighted by Crippen LogP contribution is 2.31. The Hall–Kier alpha value is -0.850. The van der Waals surface area contributed by atoms with E-state index in [0.717, 1.165) is 38.8 Å². The number of hydrogen-bond donors (Lipinski definition) is 2. The molecule has 0 unspecified atom stereocenters. The van der Waals surface area contributed by atoms with Crippen molar-refractivity contribution in [3.8, 4) is 0 Å². The number of carbonyl (C=O) groups is 2. The summed E-state index contributed by atoms with van der Waals surface area (Å²) in [7, 11) is 3.32. The molecule has 1 saturated heterocycles. The van der Waals surface area contributed by atoms with Crippen molar-refractivity contribution in [2.75, 3.05) is 40.4 Å². The first-order valence-electron chi connectivity index (χ1n) is 7.32. The van der Waals surface area contributed by atoms with E-state index in [9.17, 15) is 9.59 Å². The van der Waals surface area contributed by atoms with Gasteiger partial charge in [-0.3, -0.25) is 9.59 Å².